The number of aromatic nitrogens is 1. The molecule has 0 unspecified atom stereocenters. The van der Waals surface area contributed by atoms with Gasteiger partial charge in [-0.15, -0.1) is 0 Å². The number of hydrogen-bond acceptors (Lipinski definition) is 3. The number of nitrogens with two attached hydrogens (primary N) is 1. The van der Waals surface area contributed by atoms with Crippen molar-refractivity contribution in [2.45, 2.75) is 25.8 Å². The fraction of sp³-hybridized carbons (Fsp3) is 0.625. The highest BCUT2D eigenvalue weighted by atomic mass is 16.3. The van der Waals surface area contributed by atoms with Gasteiger partial charge >= 0.3 is 0 Å². The minimum absolute atomic E-state index is 0.480. The average Bonchev–Trinajstić information content (AvgIpc) is 2.68. The number of nitrogens with zero attached hydrogens (tertiary/aromatic N) is 1. The molecule has 60 valence electrons. The highest BCUT2D eigenvalue weighted by molar-refractivity contribution is 4.97. The highest BCUT2D eigenvalue weighted by Crippen LogP contribution is 2.32. The first-order chi connectivity index (χ1) is 5.38. The summed E-state index contributed by atoms with van der Waals surface area (Å²) < 4.78 is 5.22. The molecule has 1 aliphatic rings. The Morgan fingerprint density at radius 1 is 1.64 bits per heavy atom. The van der Waals surface area contributed by atoms with Gasteiger partial charge in [-0.2, -0.15) is 0 Å². The van der Waals surface area contributed by atoms with Crippen molar-refractivity contribution in [3.63, 3.8) is 0 Å². The Balaban J connectivity index is 1.99. The molecule has 1 aliphatic carbocycles. The van der Waals surface area contributed by atoms with E-state index in [0.29, 0.717) is 6.54 Å². The van der Waals surface area contributed by atoms with Crippen LogP contribution in [0.25, 0.3) is 0 Å². The van der Waals surface area contributed by atoms with Gasteiger partial charge < -0.3 is 10.2 Å². The Kier molecular flexibility index (Phi) is 1.66. The fourth-order valence-electron chi connectivity index (χ4n) is 1.11. The van der Waals surface area contributed by atoms with Crippen molar-refractivity contribution < 1.29 is 4.42 Å². The molecule has 2 N–H and O–H groups in total. The summed E-state index contributed by atoms with van der Waals surface area (Å²) in [5.41, 5.74) is 6.25. The second-order valence-electron chi connectivity index (χ2n) is 3.08. The van der Waals surface area contributed by atoms with Crippen molar-refractivity contribution in [3.8, 4) is 0 Å². The molecule has 11 heavy (non-hydrogen) atoms. The van der Waals surface area contributed by atoms with Gasteiger partial charge in [-0.1, -0.05) is 0 Å². The quantitative estimate of drug-likeness (QED) is 0.705. The Hall–Kier alpha value is -0.830. The molecule has 0 bridgehead atoms. The molecule has 0 aromatic carbocycles. The average molecular weight is 152 g/mol. The van der Waals surface area contributed by atoms with Crippen molar-refractivity contribution in [3.05, 3.63) is 17.8 Å². The molecule has 3 nitrogen and oxygen atoms in total. The monoisotopic (exact) mass is 152 g/mol. The molecular weight excluding hydrogens is 140 g/mol. The topological polar surface area (TPSA) is 52.0 Å². The van der Waals surface area contributed by atoms with E-state index in [1.807, 2.05) is 0 Å². The molecular formula is C8H12N2O. The smallest absolute Gasteiger partial charge is 0.194 e. The zero-order valence-corrected chi connectivity index (χ0v) is 6.42. The molecule has 1 heterocycles. The van der Waals surface area contributed by atoms with E-state index in [-0.39, 0.29) is 0 Å². The van der Waals surface area contributed by atoms with Crippen LogP contribution in [0.5, 0.6) is 0 Å². The predicted octanol–water partition coefficient (Wildman–Crippen LogP) is 1.09. The molecule has 0 atom stereocenters. The lowest BCUT2D eigenvalue weighted by atomic mass is 10.3. The van der Waals surface area contributed by atoms with Gasteiger partial charge in [-0.3, -0.25) is 0 Å². The Labute approximate surface area is 65.6 Å². The lowest BCUT2D eigenvalue weighted by Gasteiger charge is -1.87. The Morgan fingerprint density at radius 3 is 3.00 bits per heavy atom. The summed E-state index contributed by atoms with van der Waals surface area (Å²) in [5, 5.41) is 0. The van der Waals surface area contributed by atoms with Crippen LogP contribution in [0.1, 0.15) is 24.4 Å². The summed E-state index contributed by atoms with van der Waals surface area (Å²) in [6.07, 6.45) is 5.32. The largest absolute Gasteiger partial charge is 0.449 e. The summed E-state index contributed by atoms with van der Waals surface area (Å²) in [6.45, 7) is 0.480. The van der Waals surface area contributed by atoms with Gasteiger partial charge in [0.05, 0.1) is 5.69 Å². The van der Waals surface area contributed by atoms with Gasteiger partial charge in [0.2, 0.25) is 0 Å². The van der Waals surface area contributed by atoms with Gasteiger partial charge in [-0.25, -0.2) is 4.98 Å². The Morgan fingerprint density at radius 2 is 2.45 bits per heavy atom. The molecule has 0 saturated heterocycles. The molecule has 0 amide bonds. The summed E-state index contributed by atoms with van der Waals surface area (Å²) in [7, 11) is 0. The first-order valence-electron chi connectivity index (χ1n) is 4.02. The minimum Gasteiger partial charge on any atom is -0.449 e. The van der Waals surface area contributed by atoms with Crippen LogP contribution in [-0.4, -0.2) is 4.98 Å². The lowest BCUT2D eigenvalue weighted by molar-refractivity contribution is 0.482. The normalized spacial score (nSPS) is 17.2. The highest BCUT2D eigenvalue weighted by Gasteiger charge is 2.23. The second-order valence-corrected chi connectivity index (χ2v) is 3.08. The van der Waals surface area contributed by atoms with Gasteiger partial charge in [0.1, 0.15) is 6.26 Å². The van der Waals surface area contributed by atoms with E-state index in [9.17, 15) is 0 Å². The van der Waals surface area contributed by atoms with E-state index in [1.165, 1.54) is 12.8 Å². The Bertz CT molecular complexity index is 240. The zero-order valence-electron chi connectivity index (χ0n) is 6.42. The summed E-state index contributed by atoms with van der Waals surface area (Å²) in [6, 6.07) is 0. The summed E-state index contributed by atoms with van der Waals surface area (Å²) in [5.74, 6) is 1.69. The van der Waals surface area contributed by atoms with Crippen molar-refractivity contribution in [1.29, 1.82) is 0 Å². The summed E-state index contributed by atoms with van der Waals surface area (Å²) >= 11 is 0. The van der Waals surface area contributed by atoms with Crippen LogP contribution in [0.15, 0.2) is 10.7 Å². The zero-order chi connectivity index (χ0) is 7.68. The molecule has 2 rings (SSSR count). The van der Waals surface area contributed by atoms with E-state index in [4.69, 9.17) is 10.2 Å². The van der Waals surface area contributed by atoms with Crippen LogP contribution >= 0.6 is 0 Å². The molecule has 3 heteroatoms. The van der Waals surface area contributed by atoms with Crippen LogP contribution in [0.4, 0.5) is 0 Å². The fourth-order valence-corrected chi connectivity index (χ4v) is 1.11. The van der Waals surface area contributed by atoms with Crippen molar-refractivity contribution in [2.75, 3.05) is 0 Å². The maximum Gasteiger partial charge on any atom is 0.194 e. The first kappa shape index (κ1) is 6.85. The van der Waals surface area contributed by atoms with Crippen LogP contribution in [0.3, 0.4) is 0 Å². The molecule has 1 aromatic rings. The second kappa shape index (κ2) is 2.66. The minimum atomic E-state index is 0.480. The van der Waals surface area contributed by atoms with E-state index < -0.39 is 0 Å². The molecule has 0 aliphatic heterocycles. The van der Waals surface area contributed by atoms with Crippen molar-refractivity contribution in [1.82, 2.24) is 4.98 Å². The van der Waals surface area contributed by atoms with Crippen LogP contribution in [0, 0.1) is 5.92 Å². The number of oxazole rings is 1. The summed E-state index contributed by atoms with van der Waals surface area (Å²) in [4.78, 5) is 4.22. The number of hydrogen-bond donors (Lipinski definition) is 1. The number of rotatable bonds is 3. The standard InChI is InChI=1S/C8H12N2O/c9-4-7-5-11-8(10-7)3-6-1-2-6/h5-6H,1-4,9H2. The van der Waals surface area contributed by atoms with E-state index in [0.717, 1.165) is 23.9 Å². The first-order valence-corrected chi connectivity index (χ1v) is 4.02. The molecule has 1 saturated carbocycles. The SMILES string of the molecule is NCc1coc(CC2CC2)n1. The van der Waals surface area contributed by atoms with Gasteiger partial charge in [0.25, 0.3) is 0 Å². The lowest BCUT2D eigenvalue weighted by Crippen LogP contribution is -1.96. The van der Waals surface area contributed by atoms with Crippen LogP contribution in [0.2, 0.25) is 0 Å². The van der Waals surface area contributed by atoms with Crippen LogP contribution < -0.4 is 5.73 Å². The van der Waals surface area contributed by atoms with Gasteiger partial charge in [-0.05, 0) is 18.8 Å². The predicted molar refractivity (Wildman–Crippen MR) is 40.8 cm³/mol. The molecule has 0 radical (unpaired) electrons. The van der Waals surface area contributed by atoms with Gasteiger partial charge in [0.15, 0.2) is 5.89 Å². The maximum absolute atomic E-state index is 5.39. The van der Waals surface area contributed by atoms with E-state index >= 15 is 0 Å². The van der Waals surface area contributed by atoms with Crippen LogP contribution in [-0.2, 0) is 13.0 Å². The molecule has 1 aromatic heterocycles. The molecule has 1 fully saturated rings. The van der Waals surface area contributed by atoms with E-state index in [1.54, 1.807) is 6.26 Å². The third-order valence-corrected chi connectivity index (χ3v) is 1.97. The third kappa shape index (κ3) is 1.60. The van der Waals surface area contributed by atoms with Gasteiger partial charge in [0, 0.05) is 13.0 Å². The van der Waals surface area contributed by atoms with Crippen molar-refractivity contribution >= 4 is 0 Å². The third-order valence-electron chi connectivity index (χ3n) is 1.97. The molecule has 0 spiro atoms. The van der Waals surface area contributed by atoms with E-state index in [2.05, 4.69) is 4.98 Å². The maximum atomic E-state index is 5.39. The van der Waals surface area contributed by atoms with Crippen molar-refractivity contribution in [2.24, 2.45) is 11.7 Å².